The van der Waals surface area contributed by atoms with Crippen LogP contribution in [0.15, 0.2) is 97.1 Å². The zero-order chi connectivity index (χ0) is 33.1. The van der Waals surface area contributed by atoms with Crippen LogP contribution >= 0.6 is 11.8 Å². The van der Waals surface area contributed by atoms with Gasteiger partial charge >= 0.3 is 5.97 Å². The van der Waals surface area contributed by atoms with Crippen LogP contribution in [-0.4, -0.2) is 53.9 Å². The second kappa shape index (κ2) is 20.2. The molecular weight excluding hydrogens is 612 g/mol. The first-order valence-electron chi connectivity index (χ1n) is 16.4. The standard InChI is InChI=1S/C38H46N2O6S/c41-24-33(22-29-18-20-35(21-19-29)45-25-30-12-6-4-7-13-30)39-36(42)23-32-16-10-2-1-3-11-17-37(43)46-26-34(40-38(32)44)28-47-27-31-14-8-5-9-15-31/h2,4-10,12-15,18-21,32-34,41H,1,3,11,16-17,22-28H2,(H,39,42)(H,40,44). The third-order valence-electron chi connectivity index (χ3n) is 7.85. The summed E-state index contributed by atoms with van der Waals surface area (Å²) < 4.78 is 11.4. The summed E-state index contributed by atoms with van der Waals surface area (Å²) in [7, 11) is 0. The Kier molecular flexibility index (Phi) is 15.4. The van der Waals surface area contributed by atoms with Gasteiger partial charge in [0.05, 0.1) is 24.6 Å². The van der Waals surface area contributed by atoms with Crippen molar-refractivity contribution < 1.29 is 29.0 Å². The Morgan fingerprint density at radius 3 is 2.38 bits per heavy atom. The van der Waals surface area contributed by atoms with Crippen LogP contribution in [0.5, 0.6) is 5.75 Å². The first-order chi connectivity index (χ1) is 23.0. The van der Waals surface area contributed by atoms with Crippen LogP contribution in [-0.2, 0) is 37.9 Å². The lowest BCUT2D eigenvalue weighted by molar-refractivity contribution is -0.145. The molecule has 1 heterocycles. The minimum absolute atomic E-state index is 0.0252. The molecule has 1 aliphatic rings. The molecule has 0 spiro atoms. The smallest absolute Gasteiger partial charge is 0.305 e. The van der Waals surface area contributed by atoms with E-state index in [-0.39, 0.29) is 43.5 Å². The maximum atomic E-state index is 13.5. The number of aliphatic hydroxyl groups excluding tert-OH is 1. The van der Waals surface area contributed by atoms with E-state index in [4.69, 9.17) is 9.47 Å². The highest BCUT2D eigenvalue weighted by Crippen LogP contribution is 2.18. The molecule has 3 unspecified atom stereocenters. The van der Waals surface area contributed by atoms with Gasteiger partial charge in [-0.05, 0) is 60.9 Å². The van der Waals surface area contributed by atoms with Gasteiger partial charge in [-0.15, -0.1) is 0 Å². The fraction of sp³-hybridized carbons (Fsp3) is 0.395. The van der Waals surface area contributed by atoms with Crippen molar-refractivity contribution in [2.75, 3.05) is 19.0 Å². The molecule has 9 heteroatoms. The van der Waals surface area contributed by atoms with Crippen LogP contribution in [0.25, 0.3) is 0 Å². The van der Waals surface area contributed by atoms with Crippen LogP contribution < -0.4 is 15.4 Å². The first-order valence-corrected chi connectivity index (χ1v) is 17.5. The Morgan fingerprint density at radius 2 is 1.66 bits per heavy atom. The zero-order valence-electron chi connectivity index (χ0n) is 26.9. The third kappa shape index (κ3) is 13.7. The second-order valence-electron chi connectivity index (χ2n) is 11.8. The van der Waals surface area contributed by atoms with Crippen LogP contribution in [0.1, 0.15) is 55.2 Å². The van der Waals surface area contributed by atoms with Crippen molar-refractivity contribution >= 4 is 29.5 Å². The number of thioether (sulfide) groups is 1. The zero-order valence-corrected chi connectivity index (χ0v) is 27.7. The molecule has 0 saturated carbocycles. The molecule has 0 fully saturated rings. The number of ether oxygens (including phenoxy) is 2. The van der Waals surface area contributed by atoms with Gasteiger partial charge in [0.1, 0.15) is 19.0 Å². The average molecular weight is 659 g/mol. The quantitative estimate of drug-likeness (QED) is 0.158. The summed E-state index contributed by atoms with van der Waals surface area (Å²) in [6.07, 6.45) is 7.50. The Hall–Kier alpha value is -4.08. The number of hydrogen-bond acceptors (Lipinski definition) is 7. The Labute approximate surface area is 282 Å². The number of hydrogen-bond donors (Lipinski definition) is 3. The lowest BCUT2D eigenvalue weighted by Gasteiger charge is -2.23. The van der Waals surface area contributed by atoms with Crippen molar-refractivity contribution in [3.8, 4) is 5.75 Å². The van der Waals surface area contributed by atoms with Crippen molar-refractivity contribution in [2.45, 2.75) is 69.4 Å². The van der Waals surface area contributed by atoms with E-state index in [1.165, 1.54) is 5.56 Å². The van der Waals surface area contributed by atoms with Crippen molar-refractivity contribution in [1.82, 2.24) is 10.6 Å². The minimum atomic E-state index is -0.605. The predicted molar refractivity (Wildman–Crippen MR) is 186 cm³/mol. The number of allylic oxidation sites excluding steroid dienone is 2. The average Bonchev–Trinajstić information content (AvgIpc) is 3.09. The molecule has 0 aliphatic carbocycles. The van der Waals surface area contributed by atoms with Gasteiger partial charge in [0, 0.05) is 24.3 Å². The maximum absolute atomic E-state index is 13.5. The molecular formula is C38H46N2O6S. The van der Waals surface area contributed by atoms with Crippen molar-refractivity contribution in [1.29, 1.82) is 0 Å². The number of benzene rings is 3. The van der Waals surface area contributed by atoms with Crippen molar-refractivity contribution in [3.05, 3.63) is 114 Å². The summed E-state index contributed by atoms with van der Waals surface area (Å²) >= 11 is 1.66. The number of rotatable bonds is 13. The van der Waals surface area contributed by atoms with E-state index in [2.05, 4.69) is 22.8 Å². The van der Waals surface area contributed by atoms with E-state index in [0.717, 1.165) is 41.9 Å². The normalized spacial score (nSPS) is 18.3. The first kappa shape index (κ1) is 35.8. The Bertz CT molecular complexity index is 1400. The fourth-order valence-electron chi connectivity index (χ4n) is 5.22. The highest BCUT2D eigenvalue weighted by molar-refractivity contribution is 7.98. The largest absolute Gasteiger partial charge is 0.489 e. The predicted octanol–water partition coefficient (Wildman–Crippen LogP) is 5.77. The number of amides is 2. The van der Waals surface area contributed by atoms with Crippen LogP contribution in [0, 0.1) is 5.92 Å². The lowest BCUT2D eigenvalue weighted by Crippen LogP contribution is -2.45. The number of carbonyl (C=O) groups is 3. The van der Waals surface area contributed by atoms with E-state index >= 15 is 0 Å². The van der Waals surface area contributed by atoms with E-state index in [1.54, 1.807) is 11.8 Å². The molecule has 3 aromatic carbocycles. The van der Waals surface area contributed by atoms with Crippen LogP contribution in [0.2, 0.25) is 0 Å². The van der Waals surface area contributed by atoms with Gasteiger partial charge in [-0.1, -0.05) is 84.9 Å². The van der Waals surface area contributed by atoms with Gasteiger partial charge in [0.15, 0.2) is 0 Å². The van der Waals surface area contributed by atoms with Gasteiger partial charge in [0.2, 0.25) is 11.8 Å². The lowest BCUT2D eigenvalue weighted by atomic mass is 9.98. The van der Waals surface area contributed by atoms with Crippen LogP contribution in [0.4, 0.5) is 0 Å². The molecule has 3 N–H and O–H groups in total. The Balaban J connectivity index is 1.32. The SMILES string of the molecule is O=C(CC1CC=CCCCCC(=O)OCC(CSCc2ccccc2)NC1=O)NC(CO)Cc1ccc(OCc2ccccc2)cc1. The summed E-state index contributed by atoms with van der Waals surface area (Å²) in [5.41, 5.74) is 3.20. The molecule has 0 aromatic heterocycles. The number of aliphatic hydroxyl groups is 1. The molecule has 47 heavy (non-hydrogen) atoms. The molecule has 8 nitrogen and oxygen atoms in total. The highest BCUT2D eigenvalue weighted by atomic mass is 32.2. The highest BCUT2D eigenvalue weighted by Gasteiger charge is 2.25. The number of cyclic esters (lactones) is 1. The number of carbonyl (C=O) groups excluding carboxylic acids is 3. The topological polar surface area (TPSA) is 114 Å². The summed E-state index contributed by atoms with van der Waals surface area (Å²) in [5, 5.41) is 16.0. The molecule has 0 saturated heterocycles. The van der Waals surface area contributed by atoms with Gasteiger partial charge in [-0.2, -0.15) is 11.8 Å². The monoisotopic (exact) mass is 658 g/mol. The molecule has 4 rings (SSSR count). The summed E-state index contributed by atoms with van der Waals surface area (Å²) in [6, 6.07) is 26.7. The van der Waals surface area contributed by atoms with E-state index in [9.17, 15) is 19.5 Å². The van der Waals surface area contributed by atoms with E-state index < -0.39 is 12.0 Å². The van der Waals surface area contributed by atoms with Gasteiger partial charge in [-0.3, -0.25) is 14.4 Å². The maximum Gasteiger partial charge on any atom is 0.305 e. The number of esters is 1. The van der Waals surface area contributed by atoms with Crippen LogP contribution in [0.3, 0.4) is 0 Å². The van der Waals surface area contributed by atoms with Gasteiger partial charge < -0.3 is 25.2 Å². The van der Waals surface area contributed by atoms with Gasteiger partial charge in [0.25, 0.3) is 0 Å². The second-order valence-corrected chi connectivity index (χ2v) is 12.8. The third-order valence-corrected chi connectivity index (χ3v) is 9.03. The van der Waals surface area contributed by atoms with Gasteiger partial charge in [-0.25, -0.2) is 0 Å². The summed E-state index contributed by atoms with van der Waals surface area (Å²) in [6.45, 7) is 0.322. The van der Waals surface area contributed by atoms with E-state index in [1.807, 2.05) is 84.9 Å². The molecule has 1 aliphatic heterocycles. The minimum Gasteiger partial charge on any atom is -0.489 e. The molecule has 0 radical (unpaired) electrons. The molecule has 3 atom stereocenters. The molecule has 250 valence electrons. The van der Waals surface area contributed by atoms with Crippen molar-refractivity contribution in [3.63, 3.8) is 0 Å². The molecule has 0 bridgehead atoms. The fourth-order valence-corrected chi connectivity index (χ4v) is 6.23. The summed E-state index contributed by atoms with van der Waals surface area (Å²) in [5.74, 6) is 0.637. The number of nitrogens with one attached hydrogen (secondary N) is 2. The summed E-state index contributed by atoms with van der Waals surface area (Å²) in [4.78, 5) is 39.0. The molecule has 3 aromatic rings. The molecule has 2 amide bonds. The van der Waals surface area contributed by atoms with E-state index in [0.29, 0.717) is 31.6 Å². The Morgan fingerprint density at radius 1 is 0.936 bits per heavy atom. The van der Waals surface area contributed by atoms with Crippen molar-refractivity contribution in [2.24, 2.45) is 5.92 Å².